The maximum Gasteiger partial charge on any atom is 0.272 e. The van der Waals surface area contributed by atoms with Crippen molar-refractivity contribution in [2.75, 3.05) is 21.3 Å². The van der Waals surface area contributed by atoms with Crippen molar-refractivity contribution >= 4 is 28.1 Å². The minimum atomic E-state index is -0.368. The zero-order chi connectivity index (χ0) is 17.5. The highest BCUT2D eigenvalue weighted by Crippen LogP contribution is 2.37. The maximum atomic E-state index is 12.0. The highest BCUT2D eigenvalue weighted by molar-refractivity contribution is 9.10. The molecule has 2 aromatic rings. The minimum absolute atomic E-state index is 0.368. The van der Waals surface area contributed by atoms with E-state index >= 15 is 0 Å². The van der Waals surface area contributed by atoms with Crippen LogP contribution >= 0.6 is 15.9 Å². The van der Waals surface area contributed by atoms with Gasteiger partial charge in [-0.3, -0.25) is 9.78 Å². The van der Waals surface area contributed by atoms with Crippen LogP contribution in [0.15, 0.2) is 40.2 Å². The fourth-order valence-electron chi connectivity index (χ4n) is 1.94. The third kappa shape index (κ3) is 4.23. The second-order valence-electron chi connectivity index (χ2n) is 4.55. The molecule has 0 bridgehead atoms. The van der Waals surface area contributed by atoms with Gasteiger partial charge in [-0.15, -0.1) is 0 Å². The molecule has 1 aromatic heterocycles. The van der Waals surface area contributed by atoms with Gasteiger partial charge in [-0.1, -0.05) is 0 Å². The fourth-order valence-corrected chi connectivity index (χ4v) is 2.31. The van der Waals surface area contributed by atoms with Gasteiger partial charge in [-0.2, -0.15) is 5.10 Å². The number of methoxy groups -OCH3 is 3. The second-order valence-corrected chi connectivity index (χ2v) is 5.47. The summed E-state index contributed by atoms with van der Waals surface area (Å²) in [5.74, 6) is 1.12. The van der Waals surface area contributed by atoms with Gasteiger partial charge in [0, 0.05) is 22.4 Å². The Hall–Kier alpha value is -2.61. The van der Waals surface area contributed by atoms with E-state index < -0.39 is 0 Å². The van der Waals surface area contributed by atoms with Gasteiger partial charge in [-0.25, -0.2) is 5.43 Å². The molecule has 0 unspecified atom stereocenters. The number of hydrogen-bond acceptors (Lipinski definition) is 6. The summed E-state index contributed by atoms with van der Waals surface area (Å²) >= 11 is 3.26. The molecule has 126 valence electrons. The summed E-state index contributed by atoms with van der Waals surface area (Å²) in [6.07, 6.45) is 4.53. The highest BCUT2D eigenvalue weighted by Gasteiger charge is 2.12. The van der Waals surface area contributed by atoms with Crippen molar-refractivity contribution in [2.24, 2.45) is 5.10 Å². The van der Waals surface area contributed by atoms with Gasteiger partial charge in [-0.05, 0) is 34.1 Å². The summed E-state index contributed by atoms with van der Waals surface area (Å²) in [6, 6.07) is 5.09. The molecule has 24 heavy (non-hydrogen) atoms. The SMILES string of the molecule is COc1cc(/C=N\NC(=O)c2cncc(Br)c2)cc(OC)c1OC. The summed E-state index contributed by atoms with van der Waals surface area (Å²) in [4.78, 5) is 15.9. The molecule has 0 saturated heterocycles. The Balaban J connectivity index is 2.15. The van der Waals surface area contributed by atoms with Crippen LogP contribution in [0.25, 0.3) is 0 Å². The zero-order valence-corrected chi connectivity index (χ0v) is 15.0. The molecule has 8 heteroatoms. The Morgan fingerprint density at radius 3 is 2.33 bits per heavy atom. The Morgan fingerprint density at radius 2 is 1.79 bits per heavy atom. The van der Waals surface area contributed by atoms with Crippen molar-refractivity contribution in [3.63, 3.8) is 0 Å². The van der Waals surface area contributed by atoms with Crippen LogP contribution in [0.2, 0.25) is 0 Å². The topological polar surface area (TPSA) is 82.0 Å². The van der Waals surface area contributed by atoms with Gasteiger partial charge in [0.05, 0.1) is 33.1 Å². The van der Waals surface area contributed by atoms with Crippen LogP contribution in [0.5, 0.6) is 17.2 Å². The van der Waals surface area contributed by atoms with E-state index in [-0.39, 0.29) is 5.91 Å². The number of carbonyl (C=O) groups is 1. The number of hydrazone groups is 1. The number of pyridine rings is 1. The minimum Gasteiger partial charge on any atom is -0.493 e. The number of nitrogens with one attached hydrogen (secondary N) is 1. The van der Waals surface area contributed by atoms with Gasteiger partial charge in [0.15, 0.2) is 11.5 Å². The van der Waals surface area contributed by atoms with Crippen LogP contribution < -0.4 is 19.6 Å². The first-order valence-electron chi connectivity index (χ1n) is 6.83. The van der Waals surface area contributed by atoms with Crippen molar-refractivity contribution in [3.8, 4) is 17.2 Å². The third-order valence-electron chi connectivity index (χ3n) is 3.03. The van der Waals surface area contributed by atoms with E-state index in [4.69, 9.17) is 14.2 Å². The molecule has 0 aliphatic heterocycles. The number of aromatic nitrogens is 1. The lowest BCUT2D eigenvalue weighted by atomic mass is 10.2. The maximum absolute atomic E-state index is 12.0. The predicted molar refractivity (Wildman–Crippen MR) is 93.1 cm³/mol. The Labute approximate surface area is 147 Å². The van der Waals surface area contributed by atoms with Crippen LogP contribution in [-0.2, 0) is 0 Å². The van der Waals surface area contributed by atoms with Gasteiger partial charge in [0.2, 0.25) is 5.75 Å². The number of amides is 1. The molecular weight excluding hydrogens is 378 g/mol. The van der Waals surface area contributed by atoms with Crippen molar-refractivity contribution in [1.29, 1.82) is 0 Å². The summed E-state index contributed by atoms with van der Waals surface area (Å²) in [5.41, 5.74) is 3.51. The molecule has 0 aliphatic rings. The van der Waals surface area contributed by atoms with Crippen molar-refractivity contribution in [3.05, 3.63) is 46.2 Å². The number of hydrogen-bond donors (Lipinski definition) is 1. The van der Waals surface area contributed by atoms with Gasteiger partial charge >= 0.3 is 0 Å². The quantitative estimate of drug-likeness (QED) is 0.602. The second kappa shape index (κ2) is 8.30. The standard InChI is InChI=1S/C16H16BrN3O4/c1-22-13-4-10(5-14(23-2)15(13)24-3)7-19-20-16(21)11-6-12(17)9-18-8-11/h4-9H,1-3H3,(H,20,21)/b19-7-. The summed E-state index contributed by atoms with van der Waals surface area (Å²) < 4.78 is 16.5. The van der Waals surface area contributed by atoms with E-state index in [0.717, 1.165) is 0 Å². The summed E-state index contributed by atoms with van der Waals surface area (Å²) in [6.45, 7) is 0. The largest absolute Gasteiger partial charge is 0.493 e. The number of carbonyl (C=O) groups excluding carboxylic acids is 1. The summed E-state index contributed by atoms with van der Waals surface area (Å²) in [7, 11) is 4.58. The molecule has 0 atom stereocenters. The van der Waals surface area contributed by atoms with Gasteiger partial charge in [0.25, 0.3) is 5.91 Å². The third-order valence-corrected chi connectivity index (χ3v) is 3.47. The molecule has 0 aliphatic carbocycles. The van der Waals surface area contributed by atoms with E-state index in [2.05, 4.69) is 31.4 Å². The van der Waals surface area contributed by atoms with Crippen molar-refractivity contribution in [1.82, 2.24) is 10.4 Å². The lowest BCUT2D eigenvalue weighted by molar-refractivity contribution is 0.0954. The number of halogens is 1. The first kappa shape index (κ1) is 17.7. The van der Waals surface area contributed by atoms with E-state index in [1.807, 2.05) is 0 Å². The Bertz CT molecular complexity index is 740. The van der Waals surface area contributed by atoms with E-state index in [0.29, 0.717) is 32.8 Å². The van der Waals surface area contributed by atoms with E-state index in [9.17, 15) is 4.79 Å². The molecule has 1 N–H and O–H groups in total. The lowest BCUT2D eigenvalue weighted by Gasteiger charge is -2.12. The highest BCUT2D eigenvalue weighted by atomic mass is 79.9. The van der Waals surface area contributed by atoms with Crippen LogP contribution in [0, 0.1) is 0 Å². The zero-order valence-electron chi connectivity index (χ0n) is 13.4. The fraction of sp³-hybridized carbons (Fsp3) is 0.188. The average molecular weight is 394 g/mol. The molecular formula is C16H16BrN3O4. The molecule has 2 rings (SSSR count). The first-order valence-corrected chi connectivity index (χ1v) is 7.62. The smallest absolute Gasteiger partial charge is 0.272 e. The van der Waals surface area contributed by atoms with Crippen LogP contribution in [0.1, 0.15) is 15.9 Å². The van der Waals surface area contributed by atoms with Gasteiger partial charge < -0.3 is 14.2 Å². The van der Waals surface area contributed by atoms with E-state index in [1.54, 1.807) is 24.4 Å². The van der Waals surface area contributed by atoms with Crippen LogP contribution in [-0.4, -0.2) is 38.4 Å². The van der Waals surface area contributed by atoms with Crippen molar-refractivity contribution < 1.29 is 19.0 Å². The van der Waals surface area contributed by atoms with E-state index in [1.165, 1.54) is 33.7 Å². The number of rotatable bonds is 6. The molecule has 0 radical (unpaired) electrons. The van der Waals surface area contributed by atoms with Crippen LogP contribution in [0.3, 0.4) is 0 Å². The number of ether oxygens (including phenoxy) is 3. The molecule has 1 amide bonds. The Kier molecular flexibility index (Phi) is 6.14. The predicted octanol–water partition coefficient (Wildman–Crippen LogP) is 2.63. The number of benzene rings is 1. The molecule has 1 heterocycles. The monoisotopic (exact) mass is 393 g/mol. The normalized spacial score (nSPS) is 10.5. The first-order chi connectivity index (χ1) is 11.6. The van der Waals surface area contributed by atoms with Crippen molar-refractivity contribution in [2.45, 2.75) is 0 Å². The molecule has 0 fully saturated rings. The van der Waals surface area contributed by atoms with Crippen LogP contribution in [0.4, 0.5) is 0 Å². The number of nitrogens with zero attached hydrogens (tertiary/aromatic N) is 2. The Morgan fingerprint density at radius 1 is 1.12 bits per heavy atom. The molecule has 7 nitrogen and oxygen atoms in total. The lowest BCUT2D eigenvalue weighted by Crippen LogP contribution is -2.17. The molecule has 1 aromatic carbocycles. The average Bonchev–Trinajstić information content (AvgIpc) is 2.60. The van der Waals surface area contributed by atoms with Gasteiger partial charge in [0.1, 0.15) is 0 Å². The summed E-state index contributed by atoms with van der Waals surface area (Å²) in [5, 5.41) is 3.93. The molecule has 0 saturated carbocycles. The molecule has 0 spiro atoms.